The predicted octanol–water partition coefficient (Wildman–Crippen LogP) is 1.33. The van der Waals surface area contributed by atoms with E-state index in [-0.39, 0.29) is 12.3 Å². The summed E-state index contributed by atoms with van der Waals surface area (Å²) < 4.78 is 3.83. The van der Waals surface area contributed by atoms with Crippen molar-refractivity contribution in [1.29, 1.82) is 0 Å². The summed E-state index contributed by atoms with van der Waals surface area (Å²) in [4.78, 5) is 0. The molecule has 0 spiro atoms. The Bertz CT molecular complexity index is 457. The zero-order chi connectivity index (χ0) is 10.8. The van der Waals surface area contributed by atoms with E-state index >= 15 is 0 Å². The maximum Gasteiger partial charge on any atom is 0.122 e. The summed E-state index contributed by atoms with van der Waals surface area (Å²) in [5, 5.41) is 11.9. The third-order valence-electron chi connectivity index (χ3n) is 2.69. The van der Waals surface area contributed by atoms with Gasteiger partial charge in [0.05, 0.1) is 0 Å². The minimum atomic E-state index is 0.109. The van der Waals surface area contributed by atoms with Crippen LogP contribution in [0.4, 0.5) is 0 Å². The van der Waals surface area contributed by atoms with Crippen molar-refractivity contribution < 1.29 is 0 Å². The highest BCUT2D eigenvalue weighted by Crippen LogP contribution is 2.18. The fraction of sp³-hybridized carbons (Fsp3) is 0.273. The quantitative estimate of drug-likeness (QED) is 0.769. The van der Waals surface area contributed by atoms with Gasteiger partial charge in [0.15, 0.2) is 0 Å². The smallest absolute Gasteiger partial charge is 0.122 e. The Balaban J connectivity index is 1.80. The molecule has 0 aliphatic carbocycles. The van der Waals surface area contributed by atoms with Crippen molar-refractivity contribution in [3.63, 3.8) is 0 Å². The van der Waals surface area contributed by atoms with Crippen LogP contribution in [0.15, 0.2) is 49.1 Å². The lowest BCUT2D eigenvalue weighted by Gasteiger charge is -2.27. The Morgan fingerprint density at radius 2 is 1.81 bits per heavy atom. The molecule has 2 aromatic rings. The Morgan fingerprint density at radius 1 is 1.06 bits per heavy atom. The van der Waals surface area contributed by atoms with Crippen LogP contribution in [-0.4, -0.2) is 19.6 Å². The molecule has 0 fully saturated rings. The van der Waals surface area contributed by atoms with Gasteiger partial charge in [-0.05, 0) is 18.2 Å². The van der Waals surface area contributed by atoms with Crippen molar-refractivity contribution in [3.05, 3.63) is 49.1 Å². The average Bonchev–Trinajstić information content (AvgIpc) is 3.03. The summed E-state index contributed by atoms with van der Waals surface area (Å²) in [5.74, 6) is 0. The number of nitrogens with one attached hydrogen (secondary N) is 1. The molecule has 16 heavy (non-hydrogen) atoms. The van der Waals surface area contributed by atoms with Crippen molar-refractivity contribution >= 4 is 0 Å². The van der Waals surface area contributed by atoms with Gasteiger partial charge in [-0.25, -0.2) is 0 Å². The summed E-state index contributed by atoms with van der Waals surface area (Å²) in [5.41, 5.74) is 0. The van der Waals surface area contributed by atoms with Crippen LogP contribution in [0.1, 0.15) is 18.8 Å². The maximum atomic E-state index is 4.25. The molecule has 2 atom stereocenters. The summed E-state index contributed by atoms with van der Waals surface area (Å²) >= 11 is 0. The van der Waals surface area contributed by atoms with E-state index in [1.807, 2.05) is 33.9 Å². The highest BCUT2D eigenvalue weighted by molar-refractivity contribution is 4.99. The molecular weight excluding hydrogens is 202 g/mol. The minimum Gasteiger partial charge on any atom is -0.270 e. The molecule has 3 rings (SSSR count). The van der Waals surface area contributed by atoms with Crippen LogP contribution in [0, 0.1) is 0 Å². The van der Waals surface area contributed by atoms with Crippen molar-refractivity contribution in [2.24, 2.45) is 0 Å². The second-order valence-electron chi connectivity index (χ2n) is 3.76. The molecule has 0 bridgehead atoms. The van der Waals surface area contributed by atoms with Crippen LogP contribution in [0.25, 0.3) is 0 Å². The van der Waals surface area contributed by atoms with E-state index in [0.29, 0.717) is 0 Å². The molecule has 82 valence electrons. The third kappa shape index (κ3) is 1.65. The van der Waals surface area contributed by atoms with Gasteiger partial charge in [-0.3, -0.25) is 14.7 Å². The molecule has 2 aromatic heterocycles. The topological polar surface area (TPSA) is 47.7 Å². The van der Waals surface area contributed by atoms with E-state index < -0.39 is 0 Å². The van der Waals surface area contributed by atoms with E-state index in [9.17, 15) is 0 Å². The van der Waals surface area contributed by atoms with Gasteiger partial charge in [0.2, 0.25) is 0 Å². The van der Waals surface area contributed by atoms with Crippen LogP contribution in [0.5, 0.6) is 0 Å². The van der Waals surface area contributed by atoms with Crippen molar-refractivity contribution in [1.82, 2.24) is 24.9 Å². The largest absolute Gasteiger partial charge is 0.270 e. The lowest BCUT2D eigenvalue weighted by Crippen LogP contribution is -2.35. The molecule has 5 heteroatoms. The van der Waals surface area contributed by atoms with Crippen LogP contribution in [0.3, 0.4) is 0 Å². The van der Waals surface area contributed by atoms with E-state index in [1.165, 1.54) is 0 Å². The van der Waals surface area contributed by atoms with Gasteiger partial charge in [0.25, 0.3) is 0 Å². The maximum absolute atomic E-state index is 4.25. The first-order chi connectivity index (χ1) is 7.93. The van der Waals surface area contributed by atoms with Gasteiger partial charge in [-0.15, -0.1) is 0 Å². The number of aromatic nitrogens is 4. The predicted molar refractivity (Wildman–Crippen MR) is 59.4 cm³/mol. The molecule has 1 aliphatic heterocycles. The molecule has 0 aromatic carbocycles. The van der Waals surface area contributed by atoms with Gasteiger partial charge >= 0.3 is 0 Å². The van der Waals surface area contributed by atoms with E-state index in [1.54, 1.807) is 12.4 Å². The van der Waals surface area contributed by atoms with Gasteiger partial charge < -0.3 is 0 Å². The highest BCUT2D eigenvalue weighted by atomic mass is 15.4. The lowest BCUT2D eigenvalue weighted by molar-refractivity contribution is 0.284. The SMILES string of the molecule is C1=CC(n2cccn2)NC(n2cccn2)C1. The molecule has 1 aliphatic rings. The van der Waals surface area contributed by atoms with Crippen LogP contribution in [0.2, 0.25) is 0 Å². The molecule has 5 nitrogen and oxygen atoms in total. The molecule has 0 saturated heterocycles. The normalized spacial score (nSPS) is 24.8. The number of rotatable bonds is 2. The summed E-state index contributed by atoms with van der Waals surface area (Å²) in [6.07, 6.45) is 13.0. The van der Waals surface area contributed by atoms with Crippen LogP contribution < -0.4 is 5.32 Å². The van der Waals surface area contributed by atoms with Crippen molar-refractivity contribution in [2.45, 2.75) is 18.8 Å². The monoisotopic (exact) mass is 215 g/mol. The molecule has 2 unspecified atom stereocenters. The van der Waals surface area contributed by atoms with Gasteiger partial charge in [0, 0.05) is 31.2 Å². The summed E-state index contributed by atoms with van der Waals surface area (Å²) in [6, 6.07) is 3.86. The van der Waals surface area contributed by atoms with Crippen LogP contribution in [-0.2, 0) is 0 Å². The van der Waals surface area contributed by atoms with Gasteiger partial charge in [-0.1, -0.05) is 6.08 Å². The molecule has 1 N–H and O–H groups in total. The second kappa shape index (κ2) is 3.94. The molecule has 0 saturated carbocycles. The summed E-state index contributed by atoms with van der Waals surface area (Å²) in [7, 11) is 0. The molecule has 3 heterocycles. The van der Waals surface area contributed by atoms with Crippen molar-refractivity contribution in [3.8, 4) is 0 Å². The first-order valence-corrected chi connectivity index (χ1v) is 5.34. The zero-order valence-electron chi connectivity index (χ0n) is 8.77. The Labute approximate surface area is 93.4 Å². The van der Waals surface area contributed by atoms with E-state index in [2.05, 4.69) is 27.7 Å². The molecular formula is C11H13N5. The third-order valence-corrected chi connectivity index (χ3v) is 2.69. The first-order valence-electron chi connectivity index (χ1n) is 5.34. The number of nitrogens with zero attached hydrogens (tertiary/aromatic N) is 4. The molecule has 0 amide bonds. The average molecular weight is 215 g/mol. The lowest BCUT2D eigenvalue weighted by atomic mass is 10.2. The molecule has 0 radical (unpaired) electrons. The van der Waals surface area contributed by atoms with Crippen molar-refractivity contribution in [2.75, 3.05) is 0 Å². The second-order valence-corrected chi connectivity index (χ2v) is 3.76. The fourth-order valence-electron chi connectivity index (χ4n) is 1.92. The first kappa shape index (κ1) is 9.35. The van der Waals surface area contributed by atoms with Gasteiger partial charge in [0.1, 0.15) is 12.3 Å². The standard InChI is InChI=1S/C11H13N5/c1-4-10(15-8-2-6-12-15)14-11(5-1)16-9-3-7-13-16/h1-4,6-11,14H,5H2. The Hall–Kier alpha value is -1.88. The van der Waals surface area contributed by atoms with Gasteiger partial charge in [-0.2, -0.15) is 10.2 Å². The summed E-state index contributed by atoms with van der Waals surface area (Å²) in [6.45, 7) is 0. The number of hydrogen-bond acceptors (Lipinski definition) is 3. The zero-order valence-corrected chi connectivity index (χ0v) is 8.77. The minimum absolute atomic E-state index is 0.109. The van der Waals surface area contributed by atoms with Crippen LogP contribution >= 0.6 is 0 Å². The fourth-order valence-corrected chi connectivity index (χ4v) is 1.92. The Morgan fingerprint density at radius 3 is 2.50 bits per heavy atom. The van der Waals surface area contributed by atoms with E-state index in [4.69, 9.17) is 0 Å². The Kier molecular flexibility index (Phi) is 2.30. The highest BCUT2D eigenvalue weighted by Gasteiger charge is 2.19. The number of hydrogen-bond donors (Lipinski definition) is 1. The van der Waals surface area contributed by atoms with E-state index in [0.717, 1.165) is 6.42 Å².